The number of hydrogen-bond donors (Lipinski definition) is 0. The SMILES string of the molecule is Cc1nc(-c2ccccc2)n(CC(=O)N2CCCC2c2ccc3c(c2)OCCO3)n1. The van der Waals surface area contributed by atoms with Crippen molar-refractivity contribution < 1.29 is 14.3 Å². The highest BCUT2D eigenvalue weighted by Gasteiger charge is 2.31. The van der Waals surface area contributed by atoms with E-state index in [1.807, 2.05) is 60.4 Å². The molecule has 1 unspecified atom stereocenters. The molecule has 3 aromatic rings. The molecule has 154 valence electrons. The van der Waals surface area contributed by atoms with Gasteiger partial charge in [0.25, 0.3) is 0 Å². The second-order valence-corrected chi connectivity index (χ2v) is 7.65. The van der Waals surface area contributed by atoms with Crippen LogP contribution in [0.2, 0.25) is 0 Å². The van der Waals surface area contributed by atoms with Gasteiger partial charge in [-0.2, -0.15) is 5.10 Å². The largest absolute Gasteiger partial charge is 0.486 e. The van der Waals surface area contributed by atoms with Crippen LogP contribution in [0.1, 0.15) is 30.3 Å². The van der Waals surface area contributed by atoms with Gasteiger partial charge >= 0.3 is 0 Å². The molecule has 0 N–H and O–H groups in total. The van der Waals surface area contributed by atoms with Gasteiger partial charge in [0, 0.05) is 12.1 Å². The van der Waals surface area contributed by atoms with Crippen molar-refractivity contribution in [3.8, 4) is 22.9 Å². The Balaban J connectivity index is 1.38. The summed E-state index contributed by atoms with van der Waals surface area (Å²) in [5.41, 5.74) is 2.04. The minimum atomic E-state index is 0.0399. The quantitative estimate of drug-likeness (QED) is 0.667. The fraction of sp³-hybridized carbons (Fsp3) is 0.348. The number of benzene rings is 2. The molecule has 2 aliphatic heterocycles. The Morgan fingerprint density at radius 1 is 1.10 bits per heavy atom. The molecule has 7 nitrogen and oxygen atoms in total. The predicted molar refractivity (Wildman–Crippen MR) is 111 cm³/mol. The van der Waals surface area contributed by atoms with Gasteiger partial charge < -0.3 is 14.4 Å². The van der Waals surface area contributed by atoms with E-state index in [0.29, 0.717) is 19.0 Å². The van der Waals surface area contributed by atoms with E-state index >= 15 is 0 Å². The average Bonchev–Trinajstić information content (AvgIpc) is 3.41. The molecular weight excluding hydrogens is 380 g/mol. The third-order valence-corrected chi connectivity index (χ3v) is 5.62. The summed E-state index contributed by atoms with van der Waals surface area (Å²) in [6.45, 7) is 3.89. The number of nitrogens with zero attached hydrogens (tertiary/aromatic N) is 4. The number of likely N-dealkylation sites (tertiary alicyclic amines) is 1. The Labute approximate surface area is 175 Å². The summed E-state index contributed by atoms with van der Waals surface area (Å²) in [7, 11) is 0. The van der Waals surface area contributed by atoms with Crippen LogP contribution in [-0.4, -0.2) is 45.3 Å². The van der Waals surface area contributed by atoms with Crippen LogP contribution in [0, 0.1) is 6.92 Å². The van der Waals surface area contributed by atoms with Gasteiger partial charge in [-0.1, -0.05) is 36.4 Å². The Morgan fingerprint density at radius 3 is 2.73 bits per heavy atom. The lowest BCUT2D eigenvalue weighted by atomic mass is 10.0. The minimum absolute atomic E-state index is 0.0399. The summed E-state index contributed by atoms with van der Waals surface area (Å²) < 4.78 is 13.1. The highest BCUT2D eigenvalue weighted by Crippen LogP contribution is 2.38. The molecule has 30 heavy (non-hydrogen) atoms. The van der Waals surface area contributed by atoms with Gasteiger partial charge in [-0.15, -0.1) is 0 Å². The molecule has 1 aromatic heterocycles. The maximum absolute atomic E-state index is 13.3. The van der Waals surface area contributed by atoms with E-state index in [4.69, 9.17) is 9.47 Å². The summed E-state index contributed by atoms with van der Waals surface area (Å²) in [4.78, 5) is 19.8. The summed E-state index contributed by atoms with van der Waals surface area (Å²) in [6, 6.07) is 15.9. The Kier molecular flexibility index (Phi) is 4.86. The molecular formula is C23H24N4O3. The van der Waals surface area contributed by atoms with Crippen LogP contribution >= 0.6 is 0 Å². The van der Waals surface area contributed by atoms with Crippen molar-refractivity contribution in [3.05, 3.63) is 59.9 Å². The average molecular weight is 404 g/mol. The van der Waals surface area contributed by atoms with Gasteiger partial charge in [0.05, 0.1) is 6.04 Å². The number of ether oxygens (including phenoxy) is 2. The second kappa shape index (κ2) is 7.82. The maximum atomic E-state index is 13.3. The first-order valence-corrected chi connectivity index (χ1v) is 10.3. The van der Waals surface area contributed by atoms with Gasteiger partial charge in [0.2, 0.25) is 5.91 Å². The first kappa shape index (κ1) is 18.7. The van der Waals surface area contributed by atoms with Gasteiger partial charge in [0.15, 0.2) is 17.3 Å². The van der Waals surface area contributed by atoms with Crippen molar-refractivity contribution in [2.45, 2.75) is 32.4 Å². The number of carbonyl (C=O) groups is 1. The molecule has 3 heterocycles. The monoisotopic (exact) mass is 404 g/mol. The van der Waals surface area contributed by atoms with Crippen LogP contribution < -0.4 is 9.47 Å². The molecule has 7 heteroatoms. The zero-order chi connectivity index (χ0) is 20.5. The van der Waals surface area contributed by atoms with E-state index in [-0.39, 0.29) is 18.5 Å². The second-order valence-electron chi connectivity index (χ2n) is 7.65. The molecule has 0 spiro atoms. The van der Waals surface area contributed by atoms with Crippen molar-refractivity contribution >= 4 is 5.91 Å². The molecule has 1 fully saturated rings. The van der Waals surface area contributed by atoms with Crippen LogP contribution in [0.5, 0.6) is 11.5 Å². The van der Waals surface area contributed by atoms with Crippen molar-refractivity contribution in [2.75, 3.05) is 19.8 Å². The topological polar surface area (TPSA) is 69.5 Å². The fourth-order valence-corrected chi connectivity index (χ4v) is 4.26. The van der Waals surface area contributed by atoms with Crippen LogP contribution in [0.15, 0.2) is 48.5 Å². The number of aryl methyl sites for hydroxylation is 1. The number of amides is 1. The van der Waals surface area contributed by atoms with Crippen molar-refractivity contribution in [1.29, 1.82) is 0 Å². The Morgan fingerprint density at radius 2 is 1.90 bits per heavy atom. The van der Waals surface area contributed by atoms with Gasteiger partial charge in [0.1, 0.15) is 25.6 Å². The predicted octanol–water partition coefficient (Wildman–Crippen LogP) is 3.39. The molecule has 1 amide bonds. The minimum Gasteiger partial charge on any atom is -0.486 e. The van der Waals surface area contributed by atoms with Crippen LogP contribution in [0.25, 0.3) is 11.4 Å². The van der Waals surface area contributed by atoms with E-state index in [1.54, 1.807) is 4.68 Å². The number of carbonyl (C=O) groups excluding carboxylic acids is 1. The molecule has 1 atom stereocenters. The number of rotatable bonds is 4. The summed E-state index contributed by atoms with van der Waals surface area (Å²) in [6.07, 6.45) is 1.92. The lowest BCUT2D eigenvalue weighted by Crippen LogP contribution is -2.34. The first-order valence-electron chi connectivity index (χ1n) is 10.3. The molecule has 0 radical (unpaired) electrons. The molecule has 1 saturated heterocycles. The van der Waals surface area contributed by atoms with Crippen LogP contribution in [-0.2, 0) is 11.3 Å². The molecule has 2 aromatic carbocycles. The normalized spacial score (nSPS) is 17.9. The summed E-state index contributed by atoms with van der Waals surface area (Å²) in [5.74, 6) is 2.96. The Bertz CT molecular complexity index is 1060. The van der Waals surface area contributed by atoms with Crippen molar-refractivity contribution in [1.82, 2.24) is 19.7 Å². The van der Waals surface area contributed by atoms with E-state index in [1.165, 1.54) is 0 Å². The lowest BCUT2D eigenvalue weighted by Gasteiger charge is -2.27. The zero-order valence-electron chi connectivity index (χ0n) is 17.0. The van der Waals surface area contributed by atoms with Crippen molar-refractivity contribution in [3.63, 3.8) is 0 Å². The highest BCUT2D eigenvalue weighted by atomic mass is 16.6. The van der Waals surface area contributed by atoms with Gasteiger partial charge in [-0.3, -0.25) is 4.79 Å². The van der Waals surface area contributed by atoms with Gasteiger partial charge in [-0.05, 0) is 37.5 Å². The lowest BCUT2D eigenvalue weighted by molar-refractivity contribution is -0.133. The third kappa shape index (κ3) is 3.51. The van der Waals surface area contributed by atoms with E-state index < -0.39 is 0 Å². The van der Waals surface area contributed by atoms with E-state index in [9.17, 15) is 4.79 Å². The smallest absolute Gasteiger partial charge is 0.244 e. The zero-order valence-corrected chi connectivity index (χ0v) is 17.0. The van der Waals surface area contributed by atoms with Crippen LogP contribution in [0.3, 0.4) is 0 Å². The molecule has 0 bridgehead atoms. The number of fused-ring (bicyclic) bond motifs is 1. The van der Waals surface area contributed by atoms with Crippen LogP contribution in [0.4, 0.5) is 0 Å². The molecule has 0 saturated carbocycles. The molecule has 5 rings (SSSR count). The molecule has 2 aliphatic rings. The highest BCUT2D eigenvalue weighted by molar-refractivity contribution is 5.77. The van der Waals surface area contributed by atoms with Crippen molar-refractivity contribution in [2.24, 2.45) is 0 Å². The summed E-state index contributed by atoms with van der Waals surface area (Å²) >= 11 is 0. The third-order valence-electron chi connectivity index (χ3n) is 5.62. The Hall–Kier alpha value is -3.35. The fourth-order valence-electron chi connectivity index (χ4n) is 4.26. The standard InChI is InChI=1S/C23H24N4O3/c1-16-24-23(17-6-3-2-4-7-17)27(25-16)15-22(28)26-11-5-8-19(26)18-9-10-20-21(14-18)30-13-12-29-20/h2-4,6-7,9-10,14,19H,5,8,11-13,15H2,1H3. The number of aromatic nitrogens is 3. The number of hydrogen-bond acceptors (Lipinski definition) is 5. The maximum Gasteiger partial charge on any atom is 0.244 e. The van der Waals surface area contributed by atoms with E-state index in [0.717, 1.165) is 47.8 Å². The summed E-state index contributed by atoms with van der Waals surface area (Å²) in [5, 5.41) is 4.48. The van der Waals surface area contributed by atoms with E-state index in [2.05, 4.69) is 10.1 Å². The first-order chi connectivity index (χ1) is 14.7. The van der Waals surface area contributed by atoms with Gasteiger partial charge in [-0.25, -0.2) is 9.67 Å². The molecule has 0 aliphatic carbocycles.